The molecule has 7 heterocycles. The first-order valence-corrected chi connectivity index (χ1v) is 28.4. The van der Waals surface area contributed by atoms with Crippen LogP contribution in [0, 0.1) is 21.4 Å². The Kier molecular flexibility index (Phi) is 12.8. The maximum atomic E-state index is 14.1. The van der Waals surface area contributed by atoms with Crippen molar-refractivity contribution in [3.63, 3.8) is 0 Å². The third-order valence-electron chi connectivity index (χ3n) is 16.1. The first-order chi connectivity index (χ1) is 33.4. The van der Waals surface area contributed by atoms with Crippen molar-refractivity contribution in [3.05, 3.63) is 105 Å². The fourth-order valence-electron chi connectivity index (χ4n) is 12.1. The number of nitrogens with one attached hydrogen (secondary N) is 3. The fourth-order valence-corrected chi connectivity index (χ4v) is 15.5. The molecule has 2 aromatic rings. The summed E-state index contributed by atoms with van der Waals surface area (Å²) in [4.78, 5) is 39.0. The lowest BCUT2D eigenvalue weighted by molar-refractivity contribution is -0.384. The highest BCUT2D eigenvalue weighted by Crippen LogP contribution is 2.55. The Hall–Kier alpha value is -4.95. The van der Waals surface area contributed by atoms with Gasteiger partial charge >= 0.3 is 5.69 Å². The van der Waals surface area contributed by atoms with Gasteiger partial charge in [0.2, 0.25) is 5.82 Å². The predicted molar refractivity (Wildman–Crippen MR) is 262 cm³/mol. The van der Waals surface area contributed by atoms with Crippen molar-refractivity contribution in [1.29, 1.82) is 0 Å². The number of hydrogen-bond donors (Lipinski definition) is 3. The maximum Gasteiger partial charge on any atom is 0.312 e. The number of carbonyl (C=O) groups is 1. The van der Waals surface area contributed by atoms with Crippen molar-refractivity contribution in [2.75, 3.05) is 49.6 Å². The van der Waals surface area contributed by atoms with Crippen molar-refractivity contribution >= 4 is 43.0 Å². The summed E-state index contributed by atoms with van der Waals surface area (Å²) >= 11 is 0. The molecular weight excluding hydrogens is 919 g/mol. The number of fused-ring (bicyclic) bond motifs is 1. The number of sulfonamides is 1. The van der Waals surface area contributed by atoms with Crippen molar-refractivity contribution in [2.24, 2.45) is 20.7 Å². The SMILES string of the molecule is O=C(NS(=O)(=O)c1cnc(NCC2CC[C@@H](N=S3(=O)CCCC3)CO2)c([N+](=O)[O-])c1)C1=CCC(N2CCC3(CC2)CC(N2CCC[C@@H]2c2ccccc2C2CC2)C3)C=C1OC1=CN=C2NC=CC2C1. The number of anilines is 1. The number of rotatable bonds is 14. The van der Waals surface area contributed by atoms with Crippen LogP contribution in [0.1, 0.15) is 113 Å². The standard InChI is InChI=1S/C50H63N9O8S2/c60-49(56-69(64,65)40-26-45(59(61)62)48(54-31-40)53-29-38-13-11-35(32-66-38)55-68(63)22-3-4-23-68)43-14-12-36(25-46(43)67-39-24-34-15-18-51-47(34)52-30-39)57-20-16-50(17-21-57)27-37(28-50)58-19-5-8-44(58)42-7-2-1-6-41(42)33-9-10-33/h1-2,6-7,14-15,18,25-26,30-31,33-38,44H,3-5,8-13,16-17,19-24,27-29,32H2,(H,51,52)(H,53,54)(H,56,60)/t34?,35-,36?,38?,44-/m1/s1. The first-order valence-electron chi connectivity index (χ1n) is 25.1. The summed E-state index contributed by atoms with van der Waals surface area (Å²) in [5.41, 5.74) is 2.97. The van der Waals surface area contributed by atoms with Crippen LogP contribution in [0.15, 0.2) is 98.5 Å². The predicted octanol–water partition coefficient (Wildman–Crippen LogP) is 6.95. The summed E-state index contributed by atoms with van der Waals surface area (Å²) in [6.07, 6.45) is 23.8. The summed E-state index contributed by atoms with van der Waals surface area (Å²) in [6, 6.07) is 11.0. The van der Waals surface area contributed by atoms with E-state index in [-0.39, 0.29) is 47.8 Å². The molecular formula is C50H63N9O8S2. The van der Waals surface area contributed by atoms with E-state index in [0.717, 1.165) is 62.8 Å². The van der Waals surface area contributed by atoms with Crippen LogP contribution >= 0.6 is 0 Å². The van der Waals surface area contributed by atoms with Gasteiger partial charge in [-0.25, -0.2) is 31.7 Å². The lowest BCUT2D eigenvalue weighted by atomic mass is 9.59. The number of amidine groups is 1. The second-order valence-electron chi connectivity index (χ2n) is 20.7. The smallest absolute Gasteiger partial charge is 0.312 e. The van der Waals surface area contributed by atoms with E-state index < -0.39 is 41.2 Å². The molecule has 3 unspecified atom stereocenters. The molecule has 368 valence electrons. The molecule has 9 aliphatic rings. The van der Waals surface area contributed by atoms with Crippen LogP contribution in [-0.4, -0.2) is 113 Å². The van der Waals surface area contributed by atoms with Gasteiger partial charge in [-0.2, -0.15) is 0 Å². The molecule has 69 heavy (non-hydrogen) atoms. The van der Waals surface area contributed by atoms with E-state index in [4.69, 9.17) is 9.47 Å². The minimum Gasteiger partial charge on any atom is -0.460 e. The Bertz CT molecular complexity index is 2740. The number of hydrogen-bond acceptors (Lipinski definition) is 15. The van der Waals surface area contributed by atoms with Crippen LogP contribution in [0.5, 0.6) is 0 Å². The fraction of sp³-hybridized carbons (Fsp3) is 0.580. The molecule has 3 N–H and O–H groups in total. The monoisotopic (exact) mass is 981 g/mol. The number of carbonyl (C=O) groups excluding carboxylic acids is 1. The minimum atomic E-state index is -4.63. The summed E-state index contributed by atoms with van der Waals surface area (Å²) in [7, 11) is -6.79. The van der Waals surface area contributed by atoms with E-state index in [2.05, 4.69) is 63.8 Å². The molecule has 1 amide bonds. The van der Waals surface area contributed by atoms with Gasteiger partial charge in [-0.3, -0.25) is 24.7 Å². The van der Waals surface area contributed by atoms with Gasteiger partial charge in [0.25, 0.3) is 15.9 Å². The second-order valence-corrected chi connectivity index (χ2v) is 24.9. The maximum absolute atomic E-state index is 14.1. The highest BCUT2D eigenvalue weighted by atomic mass is 32.2. The van der Waals surface area contributed by atoms with Crippen molar-refractivity contribution in [3.8, 4) is 0 Å². The summed E-state index contributed by atoms with van der Waals surface area (Å²) in [6.45, 7) is 3.51. The molecule has 11 rings (SSSR count). The molecule has 0 bridgehead atoms. The zero-order valence-electron chi connectivity index (χ0n) is 39.0. The molecule has 0 radical (unpaired) electrons. The number of nitro groups is 1. The quantitative estimate of drug-likeness (QED) is 0.129. The lowest BCUT2D eigenvalue weighted by Crippen LogP contribution is -2.55. The number of pyridine rings is 1. The molecule has 6 fully saturated rings. The van der Waals surface area contributed by atoms with Gasteiger partial charge < -0.3 is 20.1 Å². The van der Waals surface area contributed by atoms with Crippen LogP contribution in [0.2, 0.25) is 0 Å². The van der Waals surface area contributed by atoms with Crippen LogP contribution in [-0.2, 0) is 34.0 Å². The molecule has 6 aliphatic heterocycles. The number of likely N-dealkylation sites (tertiary alicyclic amines) is 2. The topological polar surface area (TPSA) is 210 Å². The van der Waals surface area contributed by atoms with E-state index in [1.165, 1.54) is 45.1 Å². The normalized spacial score (nSPS) is 28.9. The number of piperidine rings is 1. The highest BCUT2D eigenvalue weighted by molar-refractivity contribution is 7.93. The lowest BCUT2D eigenvalue weighted by Gasteiger charge is -2.56. The molecule has 1 spiro atoms. The van der Waals surface area contributed by atoms with Crippen molar-refractivity contribution in [1.82, 2.24) is 24.8 Å². The third kappa shape index (κ3) is 9.90. The second kappa shape index (κ2) is 19.0. The van der Waals surface area contributed by atoms with Crippen LogP contribution in [0.4, 0.5) is 11.5 Å². The largest absolute Gasteiger partial charge is 0.460 e. The minimum absolute atomic E-state index is 0.00104. The molecule has 3 aliphatic carbocycles. The molecule has 19 heteroatoms. The number of aromatic nitrogens is 1. The van der Waals surface area contributed by atoms with Gasteiger partial charge in [0.15, 0.2) is 0 Å². The average Bonchev–Trinajstić information content (AvgIpc) is 3.64. The average molecular weight is 982 g/mol. The van der Waals surface area contributed by atoms with Gasteiger partial charge in [-0.05, 0) is 138 Å². The highest BCUT2D eigenvalue weighted by Gasteiger charge is 2.50. The van der Waals surface area contributed by atoms with Crippen molar-refractivity contribution < 1.29 is 31.8 Å². The Labute approximate surface area is 404 Å². The molecule has 17 nitrogen and oxygen atoms in total. The van der Waals surface area contributed by atoms with E-state index in [9.17, 15) is 27.5 Å². The summed E-state index contributed by atoms with van der Waals surface area (Å²) in [5.74, 6) is 2.57. The number of ether oxygens (including phenoxy) is 2. The third-order valence-corrected chi connectivity index (χ3v) is 19.9. The van der Waals surface area contributed by atoms with Gasteiger partial charge in [0.05, 0.1) is 41.6 Å². The molecule has 1 aromatic heterocycles. The number of allylic oxidation sites excluding steroid dienone is 1. The Morgan fingerprint density at radius 1 is 1.06 bits per heavy atom. The first kappa shape index (κ1) is 46.4. The number of aliphatic imine (C=N–C) groups is 1. The van der Waals surface area contributed by atoms with Crippen LogP contribution in [0.3, 0.4) is 0 Å². The van der Waals surface area contributed by atoms with Crippen molar-refractivity contribution in [2.45, 2.75) is 131 Å². The van der Waals surface area contributed by atoms with Gasteiger partial charge in [-0.1, -0.05) is 36.4 Å². The molecule has 1 aromatic carbocycles. The summed E-state index contributed by atoms with van der Waals surface area (Å²) < 4.78 is 59.7. The van der Waals surface area contributed by atoms with E-state index in [1.807, 2.05) is 18.4 Å². The van der Waals surface area contributed by atoms with E-state index >= 15 is 0 Å². The van der Waals surface area contributed by atoms with Gasteiger partial charge in [0, 0.05) is 64.3 Å². The van der Waals surface area contributed by atoms with E-state index in [1.54, 1.807) is 23.4 Å². The Morgan fingerprint density at radius 2 is 1.86 bits per heavy atom. The molecule has 4 saturated heterocycles. The molecule has 2 saturated carbocycles. The zero-order chi connectivity index (χ0) is 47.3. The Morgan fingerprint density at radius 3 is 2.61 bits per heavy atom. The van der Waals surface area contributed by atoms with E-state index in [0.29, 0.717) is 67.1 Å². The Balaban J connectivity index is 0.735. The number of benzene rings is 1. The van der Waals surface area contributed by atoms with Gasteiger partial charge in [-0.15, -0.1) is 0 Å². The number of nitrogens with zero attached hydrogens (tertiary/aromatic N) is 6. The summed E-state index contributed by atoms with van der Waals surface area (Å²) in [5, 5.41) is 18.3. The van der Waals surface area contributed by atoms with Crippen LogP contribution in [0.25, 0.3) is 0 Å². The number of amides is 1. The van der Waals surface area contributed by atoms with Gasteiger partial charge in [0.1, 0.15) is 22.2 Å². The molecule has 5 atom stereocenters. The zero-order valence-corrected chi connectivity index (χ0v) is 40.6. The van der Waals surface area contributed by atoms with Crippen LogP contribution < -0.4 is 15.4 Å².